The lowest BCUT2D eigenvalue weighted by molar-refractivity contribution is -0.127. The molecule has 0 atom stereocenters. The summed E-state index contributed by atoms with van der Waals surface area (Å²) in [5.41, 5.74) is 7.36. The number of nitrogens with two attached hydrogens (primary N) is 2. The molecule has 2 amide bonds. The molecule has 1 spiro atoms. The summed E-state index contributed by atoms with van der Waals surface area (Å²) in [6.07, 6.45) is 4.27. The third kappa shape index (κ3) is 4.59. The number of likely N-dealkylation sites (tertiary alicyclic amines) is 1. The number of carbonyl (C=O) groups is 2. The molecule has 2 aliphatic rings. The number of anilines is 1. The number of hydrogen-bond donors (Lipinski definition) is 3. The van der Waals surface area contributed by atoms with Crippen LogP contribution in [-0.2, 0) is 14.8 Å². The average Bonchev–Trinajstić information content (AvgIpc) is 3.19. The molecule has 2 aromatic carbocycles. The topological polar surface area (TPSA) is 160 Å². The number of hydrogen-bond acceptors (Lipinski definition) is 7. The Morgan fingerprint density at radius 1 is 1.08 bits per heavy atom. The van der Waals surface area contributed by atoms with E-state index in [1.54, 1.807) is 21.9 Å². The van der Waals surface area contributed by atoms with Gasteiger partial charge in [-0.3, -0.25) is 9.59 Å². The molecule has 0 aromatic heterocycles. The predicted molar refractivity (Wildman–Crippen MR) is 136 cm³/mol. The monoisotopic (exact) mass is 511 g/mol. The molecule has 0 aliphatic carbocycles. The molecule has 10 nitrogen and oxygen atoms in total. The van der Waals surface area contributed by atoms with Crippen molar-refractivity contribution >= 4 is 39.3 Å². The second-order valence-electron chi connectivity index (χ2n) is 9.00. The van der Waals surface area contributed by atoms with E-state index in [1.807, 2.05) is 6.07 Å². The zero-order chi connectivity index (χ0) is 26.1. The van der Waals surface area contributed by atoms with Gasteiger partial charge < -0.3 is 25.7 Å². The molecule has 190 valence electrons. The number of sulfonamides is 1. The lowest BCUT2D eigenvalue weighted by Crippen LogP contribution is -2.46. The van der Waals surface area contributed by atoms with Gasteiger partial charge in [-0.1, -0.05) is 0 Å². The Bertz CT molecular complexity index is 1330. The maximum Gasteiger partial charge on any atom is 0.253 e. The number of ether oxygens (including phenoxy) is 1. The van der Waals surface area contributed by atoms with Gasteiger partial charge in [-0.05, 0) is 55.7 Å². The molecule has 11 heteroatoms. The fourth-order valence-electron chi connectivity index (χ4n) is 4.94. The minimum Gasteiger partial charge on any atom is -0.496 e. The number of amides is 2. The smallest absolute Gasteiger partial charge is 0.253 e. The molecular weight excluding hydrogens is 482 g/mol. The molecule has 2 aliphatic heterocycles. The lowest BCUT2D eigenvalue weighted by Gasteiger charge is -2.38. The van der Waals surface area contributed by atoms with Crippen LogP contribution in [0.2, 0.25) is 0 Å². The predicted octanol–water partition coefficient (Wildman–Crippen LogP) is 1.95. The van der Waals surface area contributed by atoms with Crippen LogP contribution in [0.5, 0.6) is 5.75 Å². The first-order chi connectivity index (χ1) is 17.1. The molecule has 4 rings (SSSR count). The Morgan fingerprint density at radius 3 is 2.28 bits per heavy atom. The summed E-state index contributed by atoms with van der Waals surface area (Å²) in [5.74, 6) is 0.349. The number of piperidine rings is 1. The molecule has 0 unspecified atom stereocenters. The van der Waals surface area contributed by atoms with Crippen molar-refractivity contribution < 1.29 is 22.7 Å². The SMILES string of the molecule is COc1cc(N2CCC3(CCN(C(=O)c4ccc(S(N)(=O)=O)cc4)CC3)C2=O)ccc1/C(C=N)=C/N. The fourth-order valence-corrected chi connectivity index (χ4v) is 5.46. The average molecular weight is 512 g/mol. The van der Waals surface area contributed by atoms with Crippen molar-refractivity contribution in [3.05, 3.63) is 59.8 Å². The highest BCUT2D eigenvalue weighted by Gasteiger charge is 2.49. The first-order valence-corrected chi connectivity index (χ1v) is 13.0. The second kappa shape index (κ2) is 9.75. The summed E-state index contributed by atoms with van der Waals surface area (Å²) >= 11 is 0. The maximum absolute atomic E-state index is 13.5. The highest BCUT2D eigenvalue weighted by atomic mass is 32.2. The van der Waals surface area contributed by atoms with E-state index in [0.717, 1.165) is 6.21 Å². The molecule has 0 saturated carbocycles. The van der Waals surface area contributed by atoms with Crippen molar-refractivity contribution in [2.75, 3.05) is 31.6 Å². The zero-order valence-electron chi connectivity index (χ0n) is 19.9. The number of carbonyl (C=O) groups excluding carboxylic acids is 2. The van der Waals surface area contributed by atoms with E-state index in [4.69, 9.17) is 21.0 Å². The number of allylic oxidation sites excluding steroid dienone is 1. The zero-order valence-corrected chi connectivity index (χ0v) is 20.8. The van der Waals surface area contributed by atoms with E-state index in [0.29, 0.717) is 67.0 Å². The Hall–Kier alpha value is -3.70. The van der Waals surface area contributed by atoms with Crippen LogP contribution < -0.4 is 20.5 Å². The van der Waals surface area contributed by atoms with Crippen LogP contribution in [0.4, 0.5) is 5.69 Å². The van der Waals surface area contributed by atoms with E-state index < -0.39 is 15.4 Å². The quantitative estimate of drug-likeness (QED) is 0.503. The lowest BCUT2D eigenvalue weighted by atomic mass is 9.77. The molecule has 2 heterocycles. The molecule has 0 radical (unpaired) electrons. The van der Waals surface area contributed by atoms with Gasteiger partial charge in [-0.2, -0.15) is 0 Å². The second-order valence-corrected chi connectivity index (χ2v) is 10.6. The van der Waals surface area contributed by atoms with Crippen LogP contribution in [-0.4, -0.2) is 58.1 Å². The standard InChI is InChI=1S/C25H29N5O5S/c1-35-22-14-19(4-7-21(22)18(15-26)16-27)30-13-10-25(24(30)32)8-11-29(12-9-25)23(31)17-2-5-20(6-3-17)36(28,33)34/h2-7,14-16,26H,8-13,27H2,1H3,(H2,28,33,34)/b18-16+,26-15?. The minimum atomic E-state index is -3.83. The largest absolute Gasteiger partial charge is 0.496 e. The Morgan fingerprint density at radius 2 is 1.72 bits per heavy atom. The maximum atomic E-state index is 13.5. The van der Waals surface area contributed by atoms with E-state index in [-0.39, 0.29) is 16.7 Å². The molecule has 36 heavy (non-hydrogen) atoms. The number of nitrogens with one attached hydrogen (secondary N) is 1. The van der Waals surface area contributed by atoms with Gasteiger partial charge in [0, 0.05) is 60.5 Å². The van der Waals surface area contributed by atoms with Crippen molar-refractivity contribution in [2.45, 2.75) is 24.2 Å². The van der Waals surface area contributed by atoms with Crippen LogP contribution in [0.25, 0.3) is 5.57 Å². The summed E-state index contributed by atoms with van der Waals surface area (Å²) in [6, 6.07) is 10.9. The van der Waals surface area contributed by atoms with E-state index in [9.17, 15) is 18.0 Å². The van der Waals surface area contributed by atoms with Crippen molar-refractivity contribution in [3.8, 4) is 5.75 Å². The normalized spacial score (nSPS) is 17.9. The van der Waals surface area contributed by atoms with Gasteiger partial charge in [-0.25, -0.2) is 13.6 Å². The van der Waals surface area contributed by atoms with Crippen LogP contribution in [0, 0.1) is 10.8 Å². The highest BCUT2D eigenvalue weighted by molar-refractivity contribution is 7.89. The summed E-state index contributed by atoms with van der Waals surface area (Å²) in [5, 5.41) is 12.7. The number of nitrogens with zero attached hydrogens (tertiary/aromatic N) is 2. The van der Waals surface area contributed by atoms with E-state index >= 15 is 0 Å². The Balaban J connectivity index is 1.46. The van der Waals surface area contributed by atoms with Crippen molar-refractivity contribution in [1.82, 2.24) is 4.90 Å². The van der Waals surface area contributed by atoms with Gasteiger partial charge in [0.15, 0.2) is 0 Å². The fraction of sp³-hybridized carbons (Fsp3) is 0.320. The highest BCUT2D eigenvalue weighted by Crippen LogP contribution is 2.44. The van der Waals surface area contributed by atoms with Gasteiger partial charge in [0.2, 0.25) is 15.9 Å². The van der Waals surface area contributed by atoms with E-state index in [1.165, 1.54) is 37.6 Å². The number of rotatable bonds is 6. The van der Waals surface area contributed by atoms with Crippen LogP contribution in [0.1, 0.15) is 35.2 Å². The molecule has 2 aromatic rings. The van der Waals surface area contributed by atoms with Crippen molar-refractivity contribution in [3.63, 3.8) is 0 Å². The molecule has 0 bridgehead atoms. The van der Waals surface area contributed by atoms with Gasteiger partial charge in [0.05, 0.1) is 17.4 Å². The molecular formula is C25H29N5O5S. The third-order valence-corrected chi connectivity index (χ3v) is 8.02. The summed E-state index contributed by atoms with van der Waals surface area (Å²) in [6.45, 7) is 1.43. The number of benzene rings is 2. The number of methoxy groups -OCH3 is 1. The molecule has 2 fully saturated rings. The summed E-state index contributed by atoms with van der Waals surface area (Å²) in [7, 11) is -2.30. The van der Waals surface area contributed by atoms with Gasteiger partial charge in [0.25, 0.3) is 5.91 Å². The molecule has 5 N–H and O–H groups in total. The summed E-state index contributed by atoms with van der Waals surface area (Å²) < 4.78 is 28.4. The third-order valence-electron chi connectivity index (χ3n) is 7.09. The molecule has 2 saturated heterocycles. The van der Waals surface area contributed by atoms with Crippen LogP contribution >= 0.6 is 0 Å². The van der Waals surface area contributed by atoms with Crippen molar-refractivity contribution in [2.24, 2.45) is 16.3 Å². The number of primary sulfonamides is 1. The van der Waals surface area contributed by atoms with Gasteiger partial charge >= 0.3 is 0 Å². The minimum absolute atomic E-state index is 0.0311. The van der Waals surface area contributed by atoms with Gasteiger partial charge in [0.1, 0.15) is 5.75 Å². The first-order valence-electron chi connectivity index (χ1n) is 11.5. The van der Waals surface area contributed by atoms with Crippen molar-refractivity contribution in [1.29, 1.82) is 5.41 Å². The van der Waals surface area contributed by atoms with Crippen LogP contribution in [0.3, 0.4) is 0 Å². The van der Waals surface area contributed by atoms with Gasteiger partial charge in [-0.15, -0.1) is 0 Å². The Labute approximate surface area is 210 Å². The summed E-state index contributed by atoms with van der Waals surface area (Å²) in [4.78, 5) is 29.9. The van der Waals surface area contributed by atoms with Crippen LogP contribution in [0.15, 0.2) is 53.6 Å². The first kappa shape index (κ1) is 25.4. The van der Waals surface area contributed by atoms with E-state index in [2.05, 4.69) is 0 Å². The Kier molecular flexibility index (Phi) is 6.87.